The van der Waals surface area contributed by atoms with Gasteiger partial charge in [0, 0.05) is 0 Å². The molecule has 3 aromatic rings. The average molecular weight is 338 g/mol. The Morgan fingerprint density at radius 3 is 1.67 bits per heavy atom. The monoisotopic (exact) mass is 338 g/mol. The van der Waals surface area contributed by atoms with E-state index in [1.807, 2.05) is 60.7 Å². The van der Waals surface area contributed by atoms with Crippen molar-refractivity contribution in [3.8, 4) is 5.75 Å². The summed E-state index contributed by atoms with van der Waals surface area (Å²) < 4.78 is 32.1. The highest BCUT2D eigenvalue weighted by molar-refractivity contribution is 7.92. The number of hydrogen-bond acceptors (Lipinski definition) is 3. The van der Waals surface area contributed by atoms with E-state index < -0.39 is 15.1 Å². The summed E-state index contributed by atoms with van der Waals surface area (Å²) in [5, 5.41) is -0.781. The third-order valence-electron chi connectivity index (χ3n) is 3.89. The average Bonchev–Trinajstić information content (AvgIpc) is 2.63. The van der Waals surface area contributed by atoms with E-state index in [2.05, 4.69) is 0 Å². The van der Waals surface area contributed by atoms with Crippen molar-refractivity contribution in [1.29, 1.82) is 0 Å². The number of sulfone groups is 1. The third-order valence-corrected chi connectivity index (χ3v) is 6.01. The standard InChI is InChI=1S/C20H18O3S/c1-23-18-14-8-9-15-19(18)24(21,22)20(16-10-4-2-5-11-16)17-12-6-3-7-13-17/h2-15,20H,1H3. The van der Waals surface area contributed by atoms with Gasteiger partial charge in [0.1, 0.15) is 15.9 Å². The minimum absolute atomic E-state index is 0.199. The van der Waals surface area contributed by atoms with Crippen LogP contribution in [0.4, 0.5) is 0 Å². The highest BCUT2D eigenvalue weighted by atomic mass is 32.2. The van der Waals surface area contributed by atoms with Crippen LogP contribution >= 0.6 is 0 Å². The molecule has 0 aliphatic heterocycles. The van der Waals surface area contributed by atoms with Crippen molar-refractivity contribution in [3.05, 3.63) is 96.1 Å². The highest BCUT2D eigenvalue weighted by Crippen LogP contribution is 2.38. The summed E-state index contributed by atoms with van der Waals surface area (Å²) in [4.78, 5) is 0.199. The van der Waals surface area contributed by atoms with Gasteiger partial charge in [0.05, 0.1) is 7.11 Å². The first-order chi connectivity index (χ1) is 11.6. The Labute approximate surface area is 142 Å². The lowest BCUT2D eigenvalue weighted by atomic mass is 10.0. The third kappa shape index (κ3) is 3.05. The second-order valence-corrected chi connectivity index (χ2v) is 7.40. The Kier molecular flexibility index (Phi) is 4.67. The summed E-state index contributed by atoms with van der Waals surface area (Å²) >= 11 is 0. The second kappa shape index (κ2) is 6.89. The molecule has 3 nitrogen and oxygen atoms in total. The summed E-state index contributed by atoms with van der Waals surface area (Å²) in [6.07, 6.45) is 0. The van der Waals surface area contributed by atoms with Crippen LogP contribution in [0.2, 0.25) is 0 Å². The Bertz CT molecular complexity index is 864. The van der Waals surface area contributed by atoms with E-state index in [-0.39, 0.29) is 4.90 Å². The molecule has 0 N–H and O–H groups in total. The van der Waals surface area contributed by atoms with Gasteiger partial charge in [0.25, 0.3) is 0 Å². The summed E-state index contributed by atoms with van der Waals surface area (Å²) in [5.41, 5.74) is 1.46. The van der Waals surface area contributed by atoms with Gasteiger partial charge >= 0.3 is 0 Å². The first kappa shape index (κ1) is 16.3. The van der Waals surface area contributed by atoms with Crippen molar-refractivity contribution in [3.63, 3.8) is 0 Å². The molecule has 0 aliphatic carbocycles. The number of hydrogen-bond donors (Lipinski definition) is 0. The van der Waals surface area contributed by atoms with Gasteiger partial charge in [0.15, 0.2) is 9.84 Å². The summed E-state index contributed by atoms with van der Waals surface area (Å²) in [6, 6.07) is 25.2. The molecule has 122 valence electrons. The van der Waals surface area contributed by atoms with E-state index in [1.165, 1.54) is 7.11 Å². The van der Waals surface area contributed by atoms with Gasteiger partial charge in [-0.05, 0) is 23.3 Å². The zero-order valence-electron chi connectivity index (χ0n) is 13.3. The van der Waals surface area contributed by atoms with E-state index in [4.69, 9.17) is 4.74 Å². The van der Waals surface area contributed by atoms with Crippen molar-refractivity contribution in [2.75, 3.05) is 7.11 Å². The Morgan fingerprint density at radius 2 is 1.17 bits per heavy atom. The van der Waals surface area contributed by atoms with Crippen LogP contribution in [0.3, 0.4) is 0 Å². The van der Waals surface area contributed by atoms with Crippen LogP contribution in [-0.4, -0.2) is 15.5 Å². The zero-order chi connectivity index (χ0) is 17.0. The van der Waals surface area contributed by atoms with Gasteiger partial charge in [-0.1, -0.05) is 72.8 Å². The first-order valence-electron chi connectivity index (χ1n) is 7.61. The Hall–Kier alpha value is -2.59. The smallest absolute Gasteiger partial charge is 0.193 e. The van der Waals surface area contributed by atoms with Crippen LogP contribution in [0.5, 0.6) is 5.75 Å². The van der Waals surface area contributed by atoms with Crippen molar-refractivity contribution >= 4 is 9.84 Å². The maximum Gasteiger partial charge on any atom is 0.193 e. The molecule has 0 atom stereocenters. The second-order valence-electron chi connectivity index (χ2n) is 5.40. The van der Waals surface area contributed by atoms with Gasteiger partial charge in [-0.2, -0.15) is 0 Å². The van der Waals surface area contributed by atoms with Crippen LogP contribution < -0.4 is 4.74 Å². The molecule has 0 spiro atoms. The van der Waals surface area contributed by atoms with Crippen LogP contribution in [0.1, 0.15) is 16.4 Å². The van der Waals surface area contributed by atoms with Crippen molar-refractivity contribution in [1.82, 2.24) is 0 Å². The fourth-order valence-electron chi connectivity index (χ4n) is 2.79. The normalized spacial score (nSPS) is 11.4. The van der Waals surface area contributed by atoms with Crippen LogP contribution in [-0.2, 0) is 9.84 Å². The maximum absolute atomic E-state index is 13.4. The largest absolute Gasteiger partial charge is 0.495 e. The molecule has 0 bridgehead atoms. The summed E-state index contributed by atoms with van der Waals surface area (Å²) in [6.45, 7) is 0. The number of benzene rings is 3. The number of ether oxygens (including phenoxy) is 1. The van der Waals surface area contributed by atoms with E-state index >= 15 is 0 Å². The summed E-state index contributed by atoms with van der Waals surface area (Å²) in [5.74, 6) is 0.356. The molecule has 0 aliphatic rings. The molecule has 0 saturated carbocycles. The van der Waals surface area contributed by atoms with Gasteiger partial charge in [-0.3, -0.25) is 0 Å². The van der Waals surface area contributed by atoms with Gasteiger partial charge < -0.3 is 4.74 Å². The predicted molar refractivity (Wildman–Crippen MR) is 94.9 cm³/mol. The molecule has 3 rings (SSSR count). The molecule has 0 aromatic heterocycles. The number of rotatable bonds is 5. The maximum atomic E-state index is 13.4. The lowest BCUT2D eigenvalue weighted by Crippen LogP contribution is -2.16. The fourth-order valence-corrected chi connectivity index (χ4v) is 4.77. The molecule has 0 unspecified atom stereocenters. The highest BCUT2D eigenvalue weighted by Gasteiger charge is 2.32. The molecule has 0 radical (unpaired) electrons. The number of para-hydroxylation sites is 1. The molecule has 24 heavy (non-hydrogen) atoms. The molecular formula is C20H18O3S. The quantitative estimate of drug-likeness (QED) is 0.698. The topological polar surface area (TPSA) is 43.4 Å². The molecule has 0 saturated heterocycles. The zero-order valence-corrected chi connectivity index (χ0v) is 14.1. The molecule has 4 heteroatoms. The predicted octanol–water partition coefficient (Wildman–Crippen LogP) is 4.26. The van der Waals surface area contributed by atoms with Crippen LogP contribution in [0.15, 0.2) is 89.8 Å². The first-order valence-corrected chi connectivity index (χ1v) is 9.16. The SMILES string of the molecule is COc1ccccc1S(=O)(=O)C(c1ccccc1)c1ccccc1. The van der Waals surface area contributed by atoms with Gasteiger partial charge in [0.2, 0.25) is 0 Å². The lowest BCUT2D eigenvalue weighted by molar-refractivity contribution is 0.402. The van der Waals surface area contributed by atoms with E-state index in [1.54, 1.807) is 24.3 Å². The van der Waals surface area contributed by atoms with E-state index in [0.29, 0.717) is 5.75 Å². The summed E-state index contributed by atoms with van der Waals surface area (Å²) in [7, 11) is -2.19. The molecule has 0 amide bonds. The molecule has 0 heterocycles. The van der Waals surface area contributed by atoms with Crippen LogP contribution in [0, 0.1) is 0 Å². The van der Waals surface area contributed by atoms with E-state index in [9.17, 15) is 8.42 Å². The minimum Gasteiger partial charge on any atom is -0.495 e. The molecular weight excluding hydrogens is 320 g/mol. The van der Waals surface area contributed by atoms with Gasteiger partial charge in [-0.15, -0.1) is 0 Å². The Morgan fingerprint density at radius 1 is 0.708 bits per heavy atom. The Balaban J connectivity index is 2.22. The van der Waals surface area contributed by atoms with Crippen molar-refractivity contribution < 1.29 is 13.2 Å². The van der Waals surface area contributed by atoms with E-state index in [0.717, 1.165) is 11.1 Å². The van der Waals surface area contributed by atoms with Crippen LogP contribution in [0.25, 0.3) is 0 Å². The lowest BCUT2D eigenvalue weighted by Gasteiger charge is -2.20. The molecule has 3 aromatic carbocycles. The van der Waals surface area contributed by atoms with Gasteiger partial charge in [-0.25, -0.2) is 8.42 Å². The molecule has 0 fully saturated rings. The van der Waals surface area contributed by atoms with Crippen molar-refractivity contribution in [2.24, 2.45) is 0 Å². The fraction of sp³-hybridized carbons (Fsp3) is 0.100. The van der Waals surface area contributed by atoms with Crippen molar-refractivity contribution in [2.45, 2.75) is 10.1 Å². The number of methoxy groups -OCH3 is 1. The minimum atomic E-state index is -3.67.